The molecule has 0 fully saturated rings. The maximum atomic E-state index is 12.8. The zero-order chi connectivity index (χ0) is 52.5. The largest absolute Gasteiger partial charge is 0.472 e. The smallest absolute Gasteiger partial charge is 0.463 e. The summed E-state index contributed by atoms with van der Waals surface area (Å²) in [6, 6.07) is 0. The molecular weight excluding hydrogens is 955 g/mol. The summed E-state index contributed by atoms with van der Waals surface area (Å²) in [6.45, 7) is 2.50. The average Bonchev–Trinajstić information content (AvgIpc) is 3.34. The number of ether oxygens (including phenoxy) is 3. The fourth-order valence-corrected chi connectivity index (χ4v) is 8.64. The molecule has 416 valence electrons. The lowest BCUT2D eigenvalue weighted by atomic mass is 10.1. The zero-order valence-corrected chi connectivity index (χ0v) is 45.9. The molecule has 0 aromatic rings. The van der Waals surface area contributed by atoms with Crippen LogP contribution in [-0.4, -0.2) is 95.9 Å². The van der Waals surface area contributed by atoms with Crippen molar-refractivity contribution >= 4 is 33.6 Å². The van der Waals surface area contributed by atoms with E-state index in [4.69, 9.17) is 32.3 Å². The first-order valence-electron chi connectivity index (χ1n) is 27.3. The molecule has 4 N–H and O–H groups in total. The lowest BCUT2D eigenvalue weighted by molar-refractivity contribution is -0.161. The number of aliphatic hydroxyl groups is 2. The van der Waals surface area contributed by atoms with Crippen molar-refractivity contribution < 1.29 is 75.8 Å². The van der Waals surface area contributed by atoms with Crippen LogP contribution in [0.1, 0.15) is 226 Å². The average molecular weight is 1050 g/mol. The second-order valence-corrected chi connectivity index (χ2v) is 21.3. The minimum atomic E-state index is -4.90. The van der Waals surface area contributed by atoms with Crippen molar-refractivity contribution in [2.75, 3.05) is 39.6 Å². The summed E-state index contributed by atoms with van der Waals surface area (Å²) in [7, 11) is -9.73. The van der Waals surface area contributed by atoms with E-state index >= 15 is 0 Å². The number of phosphoric ester groups is 2. The number of esters is 3. The van der Waals surface area contributed by atoms with E-state index in [0.29, 0.717) is 19.3 Å². The molecule has 0 aliphatic rings. The van der Waals surface area contributed by atoms with Crippen LogP contribution in [0, 0.1) is 0 Å². The second kappa shape index (κ2) is 48.7. The van der Waals surface area contributed by atoms with E-state index in [2.05, 4.69) is 57.2 Å². The van der Waals surface area contributed by atoms with Gasteiger partial charge in [0.15, 0.2) is 6.10 Å². The van der Waals surface area contributed by atoms with E-state index in [1.165, 1.54) is 51.4 Å². The molecule has 16 nitrogen and oxygen atoms in total. The number of carbonyl (C=O) groups excluding carboxylic acids is 3. The predicted octanol–water partition coefficient (Wildman–Crippen LogP) is 13.2. The standard InChI is InChI=1S/C53H98O16P2/c1-4-7-10-13-16-19-22-23-26-28-30-33-36-39-51(56)63-42-48(54)43-65-70(59,60)66-44-49(55)45-67-71(61,62)68-47-50(69-53(58)41-38-35-32-29-25-21-18-15-12-9-6-3)46-64-52(57)40-37-34-31-27-24-20-17-14-11-8-5-2/h10,13-14,17,19,22,48-50,54-55H,4-9,11-12,15-16,18,20-21,23-47H2,1-3H3,(H,59,60)(H,61,62)/b13-10-,17-14-,22-19-. The van der Waals surface area contributed by atoms with Crippen LogP contribution in [0.25, 0.3) is 0 Å². The number of unbranched alkanes of at least 4 members (excludes halogenated alkanes) is 23. The lowest BCUT2D eigenvalue weighted by Gasteiger charge is -2.21. The number of allylic oxidation sites excluding steroid dienone is 6. The summed E-state index contributed by atoms with van der Waals surface area (Å²) in [5, 5.41) is 20.4. The Kier molecular flexibility index (Phi) is 47.2. The highest BCUT2D eigenvalue weighted by Crippen LogP contribution is 2.45. The summed E-state index contributed by atoms with van der Waals surface area (Å²) in [5.74, 6) is -1.59. The molecule has 0 rings (SSSR count). The third-order valence-corrected chi connectivity index (χ3v) is 13.2. The van der Waals surface area contributed by atoms with Crippen molar-refractivity contribution in [2.45, 2.75) is 245 Å². The molecule has 0 saturated heterocycles. The topological polar surface area (TPSA) is 231 Å². The van der Waals surface area contributed by atoms with Crippen LogP contribution in [-0.2, 0) is 55.8 Å². The molecule has 5 atom stereocenters. The van der Waals surface area contributed by atoms with Gasteiger partial charge in [-0.3, -0.25) is 32.5 Å². The summed E-state index contributed by atoms with van der Waals surface area (Å²) < 4.78 is 60.3. The number of hydrogen-bond donors (Lipinski definition) is 4. The molecule has 0 aromatic heterocycles. The van der Waals surface area contributed by atoms with Crippen molar-refractivity contribution in [3.05, 3.63) is 36.5 Å². The van der Waals surface area contributed by atoms with Gasteiger partial charge in [-0.2, -0.15) is 0 Å². The molecule has 0 radical (unpaired) electrons. The Morgan fingerprint density at radius 2 is 0.746 bits per heavy atom. The van der Waals surface area contributed by atoms with E-state index in [-0.39, 0.29) is 19.3 Å². The normalized spacial score (nSPS) is 15.0. The first-order valence-corrected chi connectivity index (χ1v) is 30.3. The van der Waals surface area contributed by atoms with Crippen LogP contribution in [0.4, 0.5) is 0 Å². The van der Waals surface area contributed by atoms with Gasteiger partial charge in [0.2, 0.25) is 0 Å². The van der Waals surface area contributed by atoms with Gasteiger partial charge in [0, 0.05) is 19.3 Å². The van der Waals surface area contributed by atoms with Gasteiger partial charge in [0.25, 0.3) is 0 Å². The molecule has 0 bridgehead atoms. The predicted molar refractivity (Wildman–Crippen MR) is 279 cm³/mol. The minimum Gasteiger partial charge on any atom is -0.463 e. The SMILES string of the molecule is CCC/C=C\C/C=C\CCCCCCCC(=O)OCC(O)COP(=O)(O)OCC(O)COP(=O)(O)OCC(COC(=O)CCCCCCC/C=C\CCCC)OC(=O)CCCCCCCCCCCCC. The van der Waals surface area contributed by atoms with Crippen molar-refractivity contribution in [3.63, 3.8) is 0 Å². The van der Waals surface area contributed by atoms with E-state index in [1.807, 2.05) is 0 Å². The van der Waals surface area contributed by atoms with Crippen LogP contribution in [0.15, 0.2) is 36.5 Å². The highest BCUT2D eigenvalue weighted by Gasteiger charge is 2.29. The van der Waals surface area contributed by atoms with Crippen LogP contribution < -0.4 is 0 Å². The molecular formula is C53H98O16P2. The zero-order valence-electron chi connectivity index (χ0n) is 44.1. The van der Waals surface area contributed by atoms with Gasteiger partial charge in [0.05, 0.1) is 26.4 Å². The fraction of sp³-hybridized carbons (Fsp3) is 0.830. The maximum Gasteiger partial charge on any atom is 0.472 e. The molecule has 0 spiro atoms. The van der Waals surface area contributed by atoms with Gasteiger partial charge in [0.1, 0.15) is 25.4 Å². The second-order valence-electron chi connectivity index (χ2n) is 18.4. The Morgan fingerprint density at radius 1 is 0.394 bits per heavy atom. The number of aliphatic hydroxyl groups excluding tert-OH is 2. The lowest BCUT2D eigenvalue weighted by Crippen LogP contribution is -2.30. The maximum absolute atomic E-state index is 12.8. The molecule has 18 heteroatoms. The summed E-state index contributed by atoms with van der Waals surface area (Å²) in [4.78, 5) is 57.7. The first-order chi connectivity index (χ1) is 34.2. The molecule has 0 aromatic carbocycles. The van der Waals surface area contributed by atoms with Crippen molar-refractivity contribution in [2.24, 2.45) is 0 Å². The van der Waals surface area contributed by atoms with E-state index in [1.54, 1.807) is 0 Å². The van der Waals surface area contributed by atoms with Gasteiger partial charge in [-0.15, -0.1) is 0 Å². The van der Waals surface area contributed by atoms with Crippen LogP contribution in [0.5, 0.6) is 0 Å². The molecule has 0 aliphatic carbocycles. The van der Waals surface area contributed by atoms with Gasteiger partial charge < -0.3 is 34.2 Å². The Morgan fingerprint density at radius 3 is 1.21 bits per heavy atom. The Bertz CT molecular complexity index is 1470. The third kappa shape index (κ3) is 49.7. The van der Waals surface area contributed by atoms with E-state index in [9.17, 15) is 43.5 Å². The van der Waals surface area contributed by atoms with Crippen molar-refractivity contribution in [3.8, 4) is 0 Å². The number of carbonyl (C=O) groups is 3. The number of hydrogen-bond acceptors (Lipinski definition) is 14. The Labute approximate surface area is 428 Å². The number of rotatable bonds is 52. The van der Waals surface area contributed by atoms with Gasteiger partial charge in [-0.25, -0.2) is 9.13 Å². The Hall–Kier alpha value is -2.23. The highest BCUT2D eigenvalue weighted by atomic mass is 31.2. The fourth-order valence-electron chi connectivity index (χ4n) is 7.06. The Balaban J connectivity index is 4.68. The molecule has 0 heterocycles. The van der Waals surface area contributed by atoms with Crippen LogP contribution in [0.3, 0.4) is 0 Å². The molecule has 5 unspecified atom stereocenters. The van der Waals surface area contributed by atoms with Crippen LogP contribution in [0.2, 0.25) is 0 Å². The van der Waals surface area contributed by atoms with Gasteiger partial charge >= 0.3 is 33.6 Å². The molecule has 71 heavy (non-hydrogen) atoms. The molecule has 0 amide bonds. The summed E-state index contributed by atoms with van der Waals surface area (Å²) in [5.41, 5.74) is 0. The molecule has 0 aliphatic heterocycles. The highest BCUT2D eigenvalue weighted by molar-refractivity contribution is 7.47. The minimum absolute atomic E-state index is 0.109. The van der Waals surface area contributed by atoms with E-state index < -0.39 is 91.5 Å². The van der Waals surface area contributed by atoms with Crippen LogP contribution >= 0.6 is 15.6 Å². The van der Waals surface area contributed by atoms with Crippen molar-refractivity contribution in [1.29, 1.82) is 0 Å². The summed E-state index contributed by atoms with van der Waals surface area (Å²) >= 11 is 0. The monoisotopic (exact) mass is 1050 g/mol. The third-order valence-electron chi connectivity index (χ3n) is 11.3. The quantitative estimate of drug-likeness (QED) is 0.0146. The van der Waals surface area contributed by atoms with E-state index in [0.717, 1.165) is 116 Å². The van der Waals surface area contributed by atoms with Gasteiger partial charge in [-0.05, 0) is 64.2 Å². The first kappa shape index (κ1) is 68.8. The van der Waals surface area contributed by atoms with Crippen molar-refractivity contribution in [1.82, 2.24) is 0 Å². The van der Waals surface area contributed by atoms with Gasteiger partial charge in [-0.1, -0.05) is 179 Å². The number of phosphoric acid groups is 2. The summed E-state index contributed by atoms with van der Waals surface area (Å²) in [6.07, 6.45) is 39.6. The molecule has 0 saturated carbocycles.